The van der Waals surface area contributed by atoms with Crippen LogP contribution in [-0.4, -0.2) is 25.9 Å². The minimum Gasteiger partial charge on any atom is -0.378 e. The zero-order chi connectivity index (χ0) is 18.2. The highest BCUT2D eigenvalue weighted by atomic mass is 16.2. The van der Waals surface area contributed by atoms with Crippen molar-refractivity contribution < 1.29 is 9.59 Å². The van der Waals surface area contributed by atoms with Crippen LogP contribution in [-0.2, 0) is 16.1 Å². The first-order valence-electron chi connectivity index (χ1n) is 8.04. The second-order valence-corrected chi connectivity index (χ2v) is 5.89. The lowest BCUT2D eigenvalue weighted by molar-refractivity contribution is -0.122. The van der Waals surface area contributed by atoms with E-state index in [2.05, 4.69) is 10.6 Å². The summed E-state index contributed by atoms with van der Waals surface area (Å²) in [6.45, 7) is 1.77. The van der Waals surface area contributed by atoms with Crippen LogP contribution in [0.1, 0.15) is 18.1 Å². The third-order valence-corrected chi connectivity index (χ3v) is 3.57. The largest absolute Gasteiger partial charge is 0.378 e. The molecule has 5 nitrogen and oxygen atoms in total. The maximum Gasteiger partial charge on any atom is 0.268 e. The number of carbonyl (C=O) groups excluding carboxylic acids is 2. The van der Waals surface area contributed by atoms with E-state index in [9.17, 15) is 9.59 Å². The highest BCUT2D eigenvalue weighted by molar-refractivity contribution is 6.00. The van der Waals surface area contributed by atoms with Crippen molar-refractivity contribution in [1.29, 1.82) is 0 Å². The van der Waals surface area contributed by atoms with Crippen molar-refractivity contribution in [3.63, 3.8) is 0 Å². The first kappa shape index (κ1) is 18.3. The quantitative estimate of drug-likeness (QED) is 0.797. The molecule has 25 heavy (non-hydrogen) atoms. The van der Waals surface area contributed by atoms with Gasteiger partial charge in [0, 0.05) is 33.3 Å². The molecule has 0 spiro atoms. The smallest absolute Gasteiger partial charge is 0.268 e. The van der Waals surface area contributed by atoms with Crippen LogP contribution in [0.5, 0.6) is 0 Å². The summed E-state index contributed by atoms with van der Waals surface area (Å²) in [6, 6.07) is 17.3. The van der Waals surface area contributed by atoms with Crippen molar-refractivity contribution in [2.45, 2.75) is 13.5 Å². The Balaban J connectivity index is 2.06. The van der Waals surface area contributed by atoms with Gasteiger partial charge < -0.3 is 15.5 Å². The summed E-state index contributed by atoms with van der Waals surface area (Å²) in [4.78, 5) is 25.8. The Hall–Kier alpha value is -3.08. The third-order valence-electron chi connectivity index (χ3n) is 3.57. The highest BCUT2D eigenvalue weighted by Crippen LogP contribution is 2.12. The molecule has 2 N–H and O–H groups in total. The minimum atomic E-state index is -0.323. The molecule has 5 heteroatoms. The van der Waals surface area contributed by atoms with E-state index in [4.69, 9.17) is 0 Å². The maximum atomic E-state index is 12.4. The number of nitrogens with zero attached hydrogens (tertiary/aromatic N) is 1. The molecular formula is C20H23N3O2. The van der Waals surface area contributed by atoms with Gasteiger partial charge in [0.1, 0.15) is 5.70 Å². The van der Waals surface area contributed by atoms with Crippen molar-refractivity contribution >= 4 is 23.6 Å². The topological polar surface area (TPSA) is 61.4 Å². The summed E-state index contributed by atoms with van der Waals surface area (Å²) >= 11 is 0. The Kier molecular flexibility index (Phi) is 6.34. The molecule has 2 aromatic carbocycles. The summed E-state index contributed by atoms with van der Waals surface area (Å²) in [5.74, 6) is -0.608. The van der Waals surface area contributed by atoms with Gasteiger partial charge in [0.25, 0.3) is 5.91 Å². The van der Waals surface area contributed by atoms with Gasteiger partial charge in [0.15, 0.2) is 0 Å². The average Bonchev–Trinajstić information content (AvgIpc) is 2.60. The van der Waals surface area contributed by atoms with Crippen LogP contribution in [0.4, 0.5) is 5.69 Å². The van der Waals surface area contributed by atoms with Crippen molar-refractivity contribution in [2.75, 3.05) is 19.0 Å². The molecule has 130 valence electrons. The van der Waals surface area contributed by atoms with Crippen LogP contribution in [0.2, 0.25) is 0 Å². The molecule has 0 bridgehead atoms. The predicted octanol–water partition coefficient (Wildman–Crippen LogP) is 2.55. The average molecular weight is 337 g/mol. The molecule has 0 heterocycles. The zero-order valence-corrected chi connectivity index (χ0v) is 14.7. The van der Waals surface area contributed by atoms with Gasteiger partial charge in [0.2, 0.25) is 5.91 Å². The van der Waals surface area contributed by atoms with Gasteiger partial charge >= 0.3 is 0 Å². The molecule has 0 saturated carbocycles. The predicted molar refractivity (Wildman–Crippen MR) is 101 cm³/mol. The number of amides is 2. The van der Waals surface area contributed by atoms with E-state index in [1.807, 2.05) is 73.6 Å². The van der Waals surface area contributed by atoms with Gasteiger partial charge in [-0.3, -0.25) is 9.59 Å². The summed E-state index contributed by atoms with van der Waals surface area (Å²) in [7, 11) is 3.95. The molecule has 0 saturated heterocycles. The van der Waals surface area contributed by atoms with Crippen molar-refractivity contribution in [1.82, 2.24) is 10.6 Å². The van der Waals surface area contributed by atoms with Crippen LogP contribution in [0.25, 0.3) is 6.08 Å². The number of rotatable bonds is 6. The molecule has 0 aliphatic heterocycles. The molecule has 2 aromatic rings. The van der Waals surface area contributed by atoms with E-state index in [-0.39, 0.29) is 17.5 Å². The molecule has 2 amide bonds. The summed E-state index contributed by atoms with van der Waals surface area (Å²) < 4.78 is 0. The molecular weight excluding hydrogens is 314 g/mol. The van der Waals surface area contributed by atoms with Crippen molar-refractivity contribution in [3.05, 3.63) is 71.4 Å². The number of carbonyl (C=O) groups is 2. The van der Waals surface area contributed by atoms with Crippen LogP contribution in [0.15, 0.2) is 60.3 Å². The highest BCUT2D eigenvalue weighted by Gasteiger charge is 2.11. The van der Waals surface area contributed by atoms with Crippen LogP contribution < -0.4 is 15.5 Å². The van der Waals surface area contributed by atoms with Crippen LogP contribution in [0, 0.1) is 0 Å². The standard InChI is InChI=1S/C20H23N3O2/c1-15(24)22-19(13-16-7-5-4-6-8-16)20(25)21-14-17-9-11-18(12-10-17)23(2)3/h4-13H,14H2,1-3H3,(H,21,25)(H,22,24)/b19-13-. The molecule has 0 radical (unpaired) electrons. The minimum absolute atomic E-state index is 0.226. The van der Waals surface area contributed by atoms with E-state index in [1.54, 1.807) is 6.08 Å². The number of hydrogen-bond donors (Lipinski definition) is 2. The van der Waals surface area contributed by atoms with E-state index in [0.717, 1.165) is 16.8 Å². The summed E-state index contributed by atoms with van der Waals surface area (Å²) in [6.07, 6.45) is 1.66. The molecule has 2 rings (SSSR count). The fourth-order valence-corrected chi connectivity index (χ4v) is 2.25. The second kappa shape index (κ2) is 8.68. The summed E-state index contributed by atoms with van der Waals surface area (Å²) in [5, 5.41) is 5.43. The molecule has 0 atom stereocenters. The zero-order valence-electron chi connectivity index (χ0n) is 14.7. The Morgan fingerprint density at radius 1 is 1.00 bits per heavy atom. The third kappa shape index (κ3) is 5.80. The SMILES string of the molecule is CC(=O)N/C(=C\c1ccccc1)C(=O)NCc1ccc(N(C)C)cc1. The molecule has 0 aliphatic rings. The van der Waals surface area contributed by atoms with E-state index in [0.29, 0.717) is 6.54 Å². The van der Waals surface area contributed by atoms with Crippen LogP contribution >= 0.6 is 0 Å². The Morgan fingerprint density at radius 3 is 2.20 bits per heavy atom. The Labute approximate surface area is 148 Å². The number of hydrogen-bond acceptors (Lipinski definition) is 3. The monoisotopic (exact) mass is 337 g/mol. The summed E-state index contributed by atoms with van der Waals surface area (Å²) in [5.41, 5.74) is 3.15. The molecule has 0 unspecified atom stereocenters. The second-order valence-electron chi connectivity index (χ2n) is 5.89. The lowest BCUT2D eigenvalue weighted by atomic mass is 10.1. The van der Waals surface area contributed by atoms with E-state index in [1.165, 1.54) is 6.92 Å². The van der Waals surface area contributed by atoms with E-state index < -0.39 is 0 Å². The van der Waals surface area contributed by atoms with Gasteiger partial charge in [-0.1, -0.05) is 42.5 Å². The van der Waals surface area contributed by atoms with Gasteiger partial charge in [-0.2, -0.15) is 0 Å². The lowest BCUT2D eigenvalue weighted by Crippen LogP contribution is -2.33. The van der Waals surface area contributed by atoms with Crippen LogP contribution in [0.3, 0.4) is 0 Å². The number of anilines is 1. The van der Waals surface area contributed by atoms with Crippen molar-refractivity contribution in [2.24, 2.45) is 0 Å². The van der Waals surface area contributed by atoms with Gasteiger partial charge in [-0.15, -0.1) is 0 Å². The van der Waals surface area contributed by atoms with E-state index >= 15 is 0 Å². The Bertz CT molecular complexity index is 750. The number of benzene rings is 2. The van der Waals surface area contributed by atoms with Gasteiger partial charge in [-0.25, -0.2) is 0 Å². The van der Waals surface area contributed by atoms with Crippen molar-refractivity contribution in [3.8, 4) is 0 Å². The van der Waals surface area contributed by atoms with Gasteiger partial charge in [-0.05, 0) is 29.3 Å². The first-order valence-corrected chi connectivity index (χ1v) is 8.04. The molecule has 0 aliphatic carbocycles. The van der Waals surface area contributed by atoms with Gasteiger partial charge in [0.05, 0.1) is 0 Å². The fraction of sp³-hybridized carbons (Fsp3) is 0.200. The lowest BCUT2D eigenvalue weighted by Gasteiger charge is -2.13. The number of nitrogens with one attached hydrogen (secondary N) is 2. The fourth-order valence-electron chi connectivity index (χ4n) is 2.25. The first-order chi connectivity index (χ1) is 12.0. The normalized spacial score (nSPS) is 10.9. The Morgan fingerprint density at radius 2 is 1.64 bits per heavy atom. The molecule has 0 aromatic heterocycles. The maximum absolute atomic E-state index is 12.4. The molecule has 0 fully saturated rings.